The number of pyridine rings is 1. The van der Waals surface area contributed by atoms with Crippen LogP contribution in [0.25, 0.3) is 0 Å². The molecule has 1 atom stereocenters. The molecule has 3 nitrogen and oxygen atoms in total. The van der Waals surface area contributed by atoms with Gasteiger partial charge >= 0.3 is 0 Å². The summed E-state index contributed by atoms with van der Waals surface area (Å²) in [7, 11) is 0. The molecule has 0 aliphatic rings. The van der Waals surface area contributed by atoms with Crippen molar-refractivity contribution in [1.29, 1.82) is 0 Å². The summed E-state index contributed by atoms with van der Waals surface area (Å²) in [4.78, 5) is 15.7. The van der Waals surface area contributed by atoms with Gasteiger partial charge in [-0.3, -0.25) is 9.78 Å². The molecule has 0 fully saturated rings. The zero-order valence-corrected chi connectivity index (χ0v) is 10.7. The Bertz CT molecular complexity index is 332. The lowest BCUT2D eigenvalue weighted by atomic mass is 10.1. The Balaban J connectivity index is 2.65. The fourth-order valence-electron chi connectivity index (χ4n) is 1.08. The molecule has 1 rings (SSSR count). The van der Waals surface area contributed by atoms with Gasteiger partial charge in [0.2, 0.25) is 5.91 Å². The summed E-state index contributed by atoms with van der Waals surface area (Å²) in [6, 6.07) is 3.78. The molecule has 4 heteroatoms. The van der Waals surface area contributed by atoms with Crippen LogP contribution in [0.1, 0.15) is 32.4 Å². The third-order valence-corrected chi connectivity index (χ3v) is 2.43. The lowest BCUT2D eigenvalue weighted by Crippen LogP contribution is -2.38. The Hall–Kier alpha value is -0.900. The van der Waals surface area contributed by atoms with Crippen LogP contribution in [0.5, 0.6) is 0 Å². The highest BCUT2D eigenvalue weighted by Crippen LogP contribution is 2.18. The van der Waals surface area contributed by atoms with E-state index in [1.807, 2.05) is 32.9 Å². The van der Waals surface area contributed by atoms with E-state index in [4.69, 9.17) is 0 Å². The van der Waals surface area contributed by atoms with Gasteiger partial charge in [-0.05, 0) is 32.4 Å². The van der Waals surface area contributed by atoms with Crippen LogP contribution in [0.4, 0.5) is 0 Å². The Morgan fingerprint density at radius 3 is 2.73 bits per heavy atom. The molecule has 0 aliphatic heterocycles. The number of hydrogen-bond donors (Lipinski definition) is 1. The van der Waals surface area contributed by atoms with E-state index in [0.717, 1.165) is 5.56 Å². The summed E-state index contributed by atoms with van der Waals surface area (Å²) < 4.78 is -0.538. The molecular formula is C11H15BrN2O. The number of rotatable bonds is 3. The number of nitrogens with zero attached hydrogens (tertiary/aromatic N) is 1. The molecule has 0 bridgehead atoms. The average Bonchev–Trinajstić information content (AvgIpc) is 2.17. The minimum atomic E-state index is -0.538. The largest absolute Gasteiger partial charge is 0.348 e. The fraction of sp³-hybridized carbons (Fsp3) is 0.455. The van der Waals surface area contributed by atoms with E-state index in [9.17, 15) is 4.79 Å². The van der Waals surface area contributed by atoms with E-state index >= 15 is 0 Å². The first-order valence-electron chi connectivity index (χ1n) is 4.81. The van der Waals surface area contributed by atoms with Gasteiger partial charge in [0.1, 0.15) is 0 Å². The average molecular weight is 271 g/mol. The second kappa shape index (κ2) is 4.75. The van der Waals surface area contributed by atoms with E-state index in [-0.39, 0.29) is 11.9 Å². The second-order valence-corrected chi connectivity index (χ2v) is 5.94. The van der Waals surface area contributed by atoms with Crippen LogP contribution in [0.3, 0.4) is 0 Å². The smallest absolute Gasteiger partial charge is 0.236 e. The summed E-state index contributed by atoms with van der Waals surface area (Å²) in [6.07, 6.45) is 3.47. The van der Waals surface area contributed by atoms with Gasteiger partial charge in [0, 0.05) is 12.4 Å². The lowest BCUT2D eigenvalue weighted by molar-refractivity contribution is -0.123. The van der Waals surface area contributed by atoms with Crippen molar-refractivity contribution in [2.45, 2.75) is 31.1 Å². The summed E-state index contributed by atoms with van der Waals surface area (Å²) in [6.45, 7) is 5.57. The molecule has 15 heavy (non-hydrogen) atoms. The minimum absolute atomic E-state index is 0.0250. The lowest BCUT2D eigenvalue weighted by Gasteiger charge is -2.20. The first kappa shape index (κ1) is 12.2. The predicted octanol–water partition coefficient (Wildman–Crippen LogP) is 2.43. The maximum absolute atomic E-state index is 11.7. The first-order chi connectivity index (χ1) is 6.91. The van der Waals surface area contributed by atoms with Crippen molar-refractivity contribution in [2.75, 3.05) is 0 Å². The molecule has 1 aromatic rings. The number of amides is 1. The molecule has 82 valence electrons. The highest BCUT2D eigenvalue weighted by molar-refractivity contribution is 9.10. The Morgan fingerprint density at radius 1 is 1.60 bits per heavy atom. The van der Waals surface area contributed by atoms with E-state index in [0.29, 0.717) is 0 Å². The molecule has 0 spiro atoms. The van der Waals surface area contributed by atoms with E-state index in [2.05, 4.69) is 26.2 Å². The van der Waals surface area contributed by atoms with Gasteiger partial charge in [0.15, 0.2) is 0 Å². The number of alkyl halides is 1. The molecule has 0 radical (unpaired) electrons. The molecule has 1 N–H and O–H groups in total. The van der Waals surface area contributed by atoms with E-state index in [1.165, 1.54) is 0 Å². The monoisotopic (exact) mass is 270 g/mol. The summed E-state index contributed by atoms with van der Waals surface area (Å²) in [5, 5.41) is 2.91. The van der Waals surface area contributed by atoms with Crippen molar-refractivity contribution in [3.8, 4) is 0 Å². The van der Waals surface area contributed by atoms with Crippen molar-refractivity contribution in [3.05, 3.63) is 30.1 Å². The van der Waals surface area contributed by atoms with Gasteiger partial charge in [-0.2, -0.15) is 0 Å². The van der Waals surface area contributed by atoms with Crippen LogP contribution in [0.15, 0.2) is 24.5 Å². The van der Waals surface area contributed by atoms with Crippen LogP contribution in [0.2, 0.25) is 0 Å². The van der Waals surface area contributed by atoms with Crippen molar-refractivity contribution in [3.63, 3.8) is 0 Å². The molecule has 0 aromatic carbocycles. The van der Waals surface area contributed by atoms with Crippen LogP contribution in [0, 0.1) is 0 Å². The van der Waals surface area contributed by atoms with Gasteiger partial charge in [-0.25, -0.2) is 0 Å². The standard InChI is InChI=1S/C11H15BrN2O/c1-8(9-5-4-6-13-7-9)14-10(15)11(2,3)12/h4-8H,1-3H3,(H,14,15). The summed E-state index contributed by atoms with van der Waals surface area (Å²) in [5.74, 6) is -0.0288. The molecule has 0 aliphatic carbocycles. The third-order valence-electron chi connectivity index (χ3n) is 2.07. The Labute approximate surface area is 98.4 Å². The van der Waals surface area contributed by atoms with Crippen molar-refractivity contribution in [1.82, 2.24) is 10.3 Å². The molecule has 1 heterocycles. The Kier molecular flexibility index (Phi) is 3.85. The number of carbonyl (C=O) groups excluding carboxylic acids is 1. The number of nitrogens with one attached hydrogen (secondary N) is 1. The SMILES string of the molecule is CC(NC(=O)C(C)(C)Br)c1cccnc1. The molecule has 1 aromatic heterocycles. The van der Waals surface area contributed by atoms with Gasteiger partial charge in [0.05, 0.1) is 10.4 Å². The molecule has 1 unspecified atom stereocenters. The summed E-state index contributed by atoms with van der Waals surface area (Å²) >= 11 is 3.32. The van der Waals surface area contributed by atoms with Crippen molar-refractivity contribution in [2.24, 2.45) is 0 Å². The molecule has 0 saturated heterocycles. The number of carbonyl (C=O) groups is 1. The minimum Gasteiger partial charge on any atom is -0.348 e. The number of halogens is 1. The first-order valence-corrected chi connectivity index (χ1v) is 5.60. The Morgan fingerprint density at radius 2 is 2.27 bits per heavy atom. The number of aromatic nitrogens is 1. The normalized spacial score (nSPS) is 13.3. The zero-order valence-electron chi connectivity index (χ0n) is 9.12. The van der Waals surface area contributed by atoms with Crippen LogP contribution in [-0.4, -0.2) is 15.2 Å². The molecule has 0 saturated carbocycles. The van der Waals surface area contributed by atoms with Gasteiger partial charge in [-0.1, -0.05) is 22.0 Å². The van der Waals surface area contributed by atoms with Crippen LogP contribution >= 0.6 is 15.9 Å². The maximum Gasteiger partial charge on any atom is 0.236 e. The molecule has 1 amide bonds. The second-order valence-electron chi connectivity index (χ2n) is 3.95. The van der Waals surface area contributed by atoms with Gasteiger partial charge < -0.3 is 5.32 Å². The third kappa shape index (κ3) is 3.63. The topological polar surface area (TPSA) is 42.0 Å². The highest BCUT2D eigenvalue weighted by atomic mass is 79.9. The van der Waals surface area contributed by atoms with E-state index in [1.54, 1.807) is 12.4 Å². The maximum atomic E-state index is 11.7. The van der Waals surface area contributed by atoms with E-state index < -0.39 is 4.32 Å². The zero-order chi connectivity index (χ0) is 11.5. The van der Waals surface area contributed by atoms with Crippen LogP contribution < -0.4 is 5.32 Å². The number of hydrogen-bond acceptors (Lipinski definition) is 2. The summed E-state index contributed by atoms with van der Waals surface area (Å²) in [5.41, 5.74) is 1.00. The van der Waals surface area contributed by atoms with Crippen LogP contribution in [-0.2, 0) is 4.79 Å². The highest BCUT2D eigenvalue weighted by Gasteiger charge is 2.24. The molecular weight excluding hydrogens is 256 g/mol. The van der Waals surface area contributed by atoms with Crippen molar-refractivity contribution < 1.29 is 4.79 Å². The van der Waals surface area contributed by atoms with Gasteiger partial charge in [0.25, 0.3) is 0 Å². The predicted molar refractivity (Wildman–Crippen MR) is 63.8 cm³/mol. The fourth-order valence-corrected chi connectivity index (χ4v) is 1.20. The van der Waals surface area contributed by atoms with Gasteiger partial charge in [-0.15, -0.1) is 0 Å². The van der Waals surface area contributed by atoms with Crippen molar-refractivity contribution >= 4 is 21.8 Å². The quantitative estimate of drug-likeness (QED) is 0.858.